The van der Waals surface area contributed by atoms with Gasteiger partial charge < -0.3 is 10.6 Å². The maximum absolute atomic E-state index is 12.2. The van der Waals surface area contributed by atoms with Gasteiger partial charge in [-0.1, -0.05) is 29.3 Å². The number of carbonyl (C=O) groups is 1. The molecule has 0 bridgehead atoms. The van der Waals surface area contributed by atoms with Gasteiger partial charge >= 0.3 is 0 Å². The predicted molar refractivity (Wildman–Crippen MR) is 101 cm³/mol. The van der Waals surface area contributed by atoms with Crippen LogP contribution in [0.15, 0.2) is 54.9 Å². The van der Waals surface area contributed by atoms with E-state index < -0.39 is 0 Å². The number of benzene rings is 2. The van der Waals surface area contributed by atoms with Crippen LogP contribution in [0.25, 0.3) is 0 Å². The van der Waals surface area contributed by atoms with Crippen molar-refractivity contribution >= 4 is 46.4 Å². The van der Waals surface area contributed by atoms with Gasteiger partial charge in [0.1, 0.15) is 0 Å². The van der Waals surface area contributed by atoms with Crippen LogP contribution >= 0.6 is 23.2 Å². The van der Waals surface area contributed by atoms with Gasteiger partial charge in [0.25, 0.3) is 5.91 Å². The van der Waals surface area contributed by atoms with Crippen LogP contribution in [0, 0.1) is 6.92 Å². The fourth-order valence-electron chi connectivity index (χ4n) is 2.10. The lowest BCUT2D eigenvalue weighted by Gasteiger charge is -2.09. The van der Waals surface area contributed by atoms with Crippen LogP contribution in [0.1, 0.15) is 15.9 Å². The van der Waals surface area contributed by atoms with Gasteiger partial charge in [-0.15, -0.1) is 0 Å². The Labute approximate surface area is 155 Å². The van der Waals surface area contributed by atoms with Gasteiger partial charge in [-0.25, -0.2) is 9.97 Å². The molecule has 0 aliphatic heterocycles. The molecule has 0 aliphatic rings. The Morgan fingerprint density at radius 3 is 2.28 bits per heavy atom. The molecular weight excluding hydrogens is 359 g/mol. The van der Waals surface area contributed by atoms with Crippen molar-refractivity contribution in [2.24, 2.45) is 0 Å². The van der Waals surface area contributed by atoms with Gasteiger partial charge in [0.05, 0.1) is 5.56 Å². The molecule has 2 aromatic carbocycles. The Bertz CT molecular complexity index is 896. The summed E-state index contributed by atoms with van der Waals surface area (Å²) in [5, 5.41) is 7.06. The summed E-state index contributed by atoms with van der Waals surface area (Å²) >= 11 is 11.8. The molecule has 0 spiro atoms. The molecule has 1 amide bonds. The van der Waals surface area contributed by atoms with E-state index in [2.05, 4.69) is 20.6 Å². The molecule has 0 fully saturated rings. The van der Waals surface area contributed by atoms with E-state index in [1.165, 1.54) is 12.4 Å². The average Bonchev–Trinajstić information content (AvgIpc) is 2.61. The lowest BCUT2D eigenvalue weighted by atomic mass is 10.2. The maximum Gasteiger partial charge on any atom is 0.258 e. The lowest BCUT2D eigenvalue weighted by molar-refractivity contribution is 0.102. The molecule has 1 aromatic heterocycles. The molecule has 3 aromatic rings. The minimum Gasteiger partial charge on any atom is -0.324 e. The van der Waals surface area contributed by atoms with Crippen LogP contribution in [0.4, 0.5) is 17.3 Å². The molecule has 0 saturated heterocycles. The summed E-state index contributed by atoms with van der Waals surface area (Å²) in [4.78, 5) is 20.6. The van der Waals surface area contributed by atoms with Gasteiger partial charge in [-0.3, -0.25) is 4.79 Å². The van der Waals surface area contributed by atoms with Crippen molar-refractivity contribution in [2.45, 2.75) is 6.92 Å². The summed E-state index contributed by atoms with van der Waals surface area (Å²) in [6.45, 7) is 1.95. The summed E-state index contributed by atoms with van der Waals surface area (Å²) in [6, 6.07) is 12.4. The molecular formula is C18H14Cl2N4O. The number of aromatic nitrogens is 2. The smallest absolute Gasteiger partial charge is 0.258 e. The monoisotopic (exact) mass is 372 g/mol. The zero-order valence-corrected chi connectivity index (χ0v) is 14.8. The number of hydrogen-bond donors (Lipinski definition) is 2. The summed E-state index contributed by atoms with van der Waals surface area (Å²) in [7, 11) is 0. The summed E-state index contributed by atoms with van der Waals surface area (Å²) in [5.74, 6) is 0.0845. The quantitative estimate of drug-likeness (QED) is 0.669. The van der Waals surface area contributed by atoms with Crippen molar-refractivity contribution in [1.29, 1.82) is 0 Å². The van der Waals surface area contributed by atoms with E-state index in [9.17, 15) is 4.79 Å². The Kier molecular flexibility index (Phi) is 5.16. The number of aryl methyl sites for hydroxylation is 1. The van der Waals surface area contributed by atoms with Crippen LogP contribution in [-0.2, 0) is 0 Å². The van der Waals surface area contributed by atoms with E-state index in [0.29, 0.717) is 27.2 Å². The number of hydrogen-bond acceptors (Lipinski definition) is 4. The molecule has 2 N–H and O–H groups in total. The van der Waals surface area contributed by atoms with E-state index in [1.54, 1.807) is 30.3 Å². The molecule has 0 atom stereocenters. The Morgan fingerprint density at radius 2 is 1.60 bits per heavy atom. The van der Waals surface area contributed by atoms with Gasteiger partial charge in [-0.2, -0.15) is 0 Å². The second-order valence-corrected chi connectivity index (χ2v) is 6.21. The highest BCUT2D eigenvalue weighted by Gasteiger charge is 2.08. The first kappa shape index (κ1) is 17.2. The van der Waals surface area contributed by atoms with E-state index >= 15 is 0 Å². The largest absolute Gasteiger partial charge is 0.324 e. The number of nitrogens with one attached hydrogen (secondary N) is 2. The second-order valence-electron chi connectivity index (χ2n) is 5.34. The second kappa shape index (κ2) is 7.51. The Hall–Kier alpha value is -2.63. The Balaban J connectivity index is 1.70. The van der Waals surface area contributed by atoms with Gasteiger partial charge in [0.2, 0.25) is 5.95 Å². The maximum atomic E-state index is 12.2. The molecule has 126 valence electrons. The van der Waals surface area contributed by atoms with Crippen LogP contribution in [-0.4, -0.2) is 15.9 Å². The van der Waals surface area contributed by atoms with Crippen molar-refractivity contribution in [2.75, 3.05) is 10.6 Å². The molecule has 25 heavy (non-hydrogen) atoms. The fraction of sp³-hybridized carbons (Fsp3) is 0.0556. The standard InChI is InChI=1S/C18H14Cl2N4O/c1-11-2-3-14(20)8-16(11)24-18-21-9-12(10-22-18)17(25)23-15-6-4-13(19)5-7-15/h2-10H,1H3,(H,23,25)(H,21,22,24). The molecule has 0 saturated carbocycles. The van der Waals surface area contributed by atoms with Gasteiger partial charge in [0, 0.05) is 33.8 Å². The van der Waals surface area contributed by atoms with Crippen molar-refractivity contribution in [3.63, 3.8) is 0 Å². The summed E-state index contributed by atoms with van der Waals surface area (Å²) in [6.07, 6.45) is 2.92. The van der Waals surface area contributed by atoms with Crippen LogP contribution in [0.5, 0.6) is 0 Å². The highest BCUT2D eigenvalue weighted by Crippen LogP contribution is 2.22. The van der Waals surface area contributed by atoms with Gasteiger partial charge in [-0.05, 0) is 48.9 Å². The van der Waals surface area contributed by atoms with Crippen molar-refractivity contribution in [1.82, 2.24) is 9.97 Å². The zero-order chi connectivity index (χ0) is 17.8. The molecule has 1 heterocycles. The third kappa shape index (κ3) is 4.47. The number of carbonyl (C=O) groups excluding carboxylic acids is 1. The Morgan fingerprint density at radius 1 is 0.960 bits per heavy atom. The summed E-state index contributed by atoms with van der Waals surface area (Å²) < 4.78 is 0. The third-order valence-corrected chi connectivity index (χ3v) is 3.95. The van der Waals surface area contributed by atoms with Crippen molar-refractivity contribution in [3.05, 3.63) is 76.0 Å². The SMILES string of the molecule is Cc1ccc(Cl)cc1Nc1ncc(C(=O)Nc2ccc(Cl)cc2)cn1. The zero-order valence-electron chi connectivity index (χ0n) is 13.3. The number of nitrogens with zero attached hydrogens (tertiary/aromatic N) is 2. The normalized spacial score (nSPS) is 10.4. The van der Waals surface area contributed by atoms with Crippen LogP contribution in [0.3, 0.4) is 0 Å². The molecule has 7 heteroatoms. The minimum atomic E-state index is -0.298. The van der Waals surface area contributed by atoms with Crippen molar-refractivity contribution < 1.29 is 4.79 Å². The third-order valence-electron chi connectivity index (χ3n) is 3.46. The fourth-order valence-corrected chi connectivity index (χ4v) is 2.39. The van der Waals surface area contributed by atoms with E-state index in [0.717, 1.165) is 11.3 Å². The number of halogens is 2. The lowest BCUT2D eigenvalue weighted by Crippen LogP contribution is -2.13. The summed E-state index contributed by atoms with van der Waals surface area (Å²) in [5.41, 5.74) is 2.82. The van der Waals surface area contributed by atoms with Crippen LogP contribution in [0.2, 0.25) is 10.0 Å². The molecule has 0 unspecified atom stereocenters. The molecule has 0 radical (unpaired) electrons. The predicted octanol–water partition coefficient (Wildman–Crippen LogP) is 5.09. The highest BCUT2D eigenvalue weighted by molar-refractivity contribution is 6.31. The highest BCUT2D eigenvalue weighted by atomic mass is 35.5. The first-order valence-electron chi connectivity index (χ1n) is 7.43. The molecule has 0 aliphatic carbocycles. The van der Waals surface area contributed by atoms with E-state index in [4.69, 9.17) is 23.2 Å². The van der Waals surface area contributed by atoms with E-state index in [1.807, 2.05) is 19.1 Å². The molecule has 3 rings (SSSR count). The number of anilines is 3. The average molecular weight is 373 g/mol. The minimum absolute atomic E-state index is 0.298. The first-order valence-corrected chi connectivity index (χ1v) is 8.19. The van der Waals surface area contributed by atoms with E-state index in [-0.39, 0.29) is 5.91 Å². The van der Waals surface area contributed by atoms with Crippen LogP contribution < -0.4 is 10.6 Å². The number of amides is 1. The van der Waals surface area contributed by atoms with Gasteiger partial charge in [0.15, 0.2) is 0 Å². The topological polar surface area (TPSA) is 66.9 Å². The first-order chi connectivity index (χ1) is 12.0. The number of rotatable bonds is 4. The molecule has 5 nitrogen and oxygen atoms in total. The van der Waals surface area contributed by atoms with Crippen molar-refractivity contribution in [3.8, 4) is 0 Å².